The molecule has 39 heavy (non-hydrogen) atoms. The number of fused-ring (bicyclic) bond motifs is 1. The summed E-state index contributed by atoms with van der Waals surface area (Å²) in [6.45, 7) is 1.73. The summed E-state index contributed by atoms with van der Waals surface area (Å²) in [5.74, 6) is -2.19. The zero-order valence-electron chi connectivity index (χ0n) is 21.0. The van der Waals surface area contributed by atoms with Gasteiger partial charge in [0.25, 0.3) is 5.91 Å². The molecular formula is C28H26BN5O5. The molecule has 1 unspecified atom stereocenters. The van der Waals surface area contributed by atoms with Crippen LogP contribution in [0.25, 0.3) is 0 Å². The van der Waals surface area contributed by atoms with E-state index in [-0.39, 0.29) is 17.7 Å². The number of nitrogens with one attached hydrogen (secondary N) is 1. The molecule has 1 amide bonds. The van der Waals surface area contributed by atoms with E-state index in [0.29, 0.717) is 30.8 Å². The van der Waals surface area contributed by atoms with E-state index in [1.165, 1.54) is 12.3 Å². The summed E-state index contributed by atoms with van der Waals surface area (Å²) in [4.78, 5) is 39.9. The maximum Gasteiger partial charge on any atom is 0.547 e. The van der Waals surface area contributed by atoms with Crippen molar-refractivity contribution in [2.24, 2.45) is 0 Å². The smallest absolute Gasteiger partial charge is 0.534 e. The Hall–Kier alpha value is -4.61. The minimum Gasteiger partial charge on any atom is -0.534 e. The van der Waals surface area contributed by atoms with Crippen LogP contribution in [0.2, 0.25) is 0 Å². The fourth-order valence-corrected chi connectivity index (χ4v) is 4.46. The van der Waals surface area contributed by atoms with Crippen LogP contribution in [-0.2, 0) is 26.1 Å². The lowest BCUT2D eigenvalue weighted by Gasteiger charge is -2.28. The summed E-state index contributed by atoms with van der Waals surface area (Å²) >= 11 is 0. The molecule has 0 saturated carbocycles. The van der Waals surface area contributed by atoms with Gasteiger partial charge in [0, 0.05) is 38.2 Å². The van der Waals surface area contributed by atoms with Crippen LogP contribution < -0.4 is 9.97 Å². The van der Waals surface area contributed by atoms with Gasteiger partial charge in [-0.15, -0.1) is 0 Å². The van der Waals surface area contributed by atoms with Gasteiger partial charge in [-0.05, 0) is 54.4 Å². The largest absolute Gasteiger partial charge is 0.547 e. The summed E-state index contributed by atoms with van der Waals surface area (Å²) < 4.78 is 5.46. The molecule has 11 heteroatoms. The van der Waals surface area contributed by atoms with Gasteiger partial charge in [-0.1, -0.05) is 24.3 Å². The number of carboxylic acids is 1. The van der Waals surface area contributed by atoms with Gasteiger partial charge >= 0.3 is 13.1 Å². The number of rotatable bonds is 9. The topological polar surface area (TPSA) is 138 Å². The highest BCUT2D eigenvalue weighted by atomic mass is 16.5. The van der Waals surface area contributed by atoms with Crippen LogP contribution in [-0.4, -0.2) is 54.9 Å². The van der Waals surface area contributed by atoms with Crippen LogP contribution in [0, 0.1) is 0 Å². The van der Waals surface area contributed by atoms with E-state index in [4.69, 9.17) is 4.65 Å². The summed E-state index contributed by atoms with van der Waals surface area (Å²) in [6.07, 6.45) is 5.25. The van der Waals surface area contributed by atoms with Crippen molar-refractivity contribution >= 4 is 19.0 Å². The van der Waals surface area contributed by atoms with E-state index >= 15 is 0 Å². The van der Waals surface area contributed by atoms with Gasteiger partial charge in [-0.3, -0.25) is 24.6 Å². The number of carbonyl (C=O) groups excluding carboxylic acids is 1. The van der Waals surface area contributed by atoms with Crippen LogP contribution in [0.5, 0.6) is 5.75 Å². The van der Waals surface area contributed by atoms with E-state index in [1.807, 2.05) is 36.4 Å². The Bertz CT molecular complexity index is 1400. The average Bonchev–Trinajstić information content (AvgIpc) is 2.94. The van der Waals surface area contributed by atoms with Crippen molar-refractivity contribution in [2.75, 3.05) is 0 Å². The lowest BCUT2D eigenvalue weighted by Crippen LogP contribution is -2.53. The first-order valence-electron chi connectivity index (χ1n) is 12.4. The summed E-state index contributed by atoms with van der Waals surface area (Å²) in [5, 5.41) is 22.6. The molecule has 0 fully saturated rings. The van der Waals surface area contributed by atoms with Crippen molar-refractivity contribution in [3.63, 3.8) is 0 Å². The molecule has 0 spiro atoms. The van der Waals surface area contributed by atoms with Crippen molar-refractivity contribution in [1.29, 1.82) is 0 Å². The quantitative estimate of drug-likeness (QED) is 0.283. The second-order valence-electron chi connectivity index (χ2n) is 9.22. The number of para-hydroxylation sites is 1. The molecule has 10 nitrogen and oxygen atoms in total. The highest BCUT2D eigenvalue weighted by Gasteiger charge is 2.37. The molecule has 4 heterocycles. The summed E-state index contributed by atoms with van der Waals surface area (Å²) in [7, 11) is -1.39. The number of hydrogen-bond donors (Lipinski definition) is 3. The van der Waals surface area contributed by atoms with E-state index in [0.717, 1.165) is 17.1 Å². The Kier molecular flexibility index (Phi) is 7.90. The summed E-state index contributed by atoms with van der Waals surface area (Å²) in [5.41, 5.74) is 3.52. The molecule has 1 atom stereocenters. The minimum atomic E-state index is -1.39. The number of amides is 1. The van der Waals surface area contributed by atoms with Gasteiger partial charge in [-0.25, -0.2) is 4.79 Å². The van der Waals surface area contributed by atoms with Crippen molar-refractivity contribution in [2.45, 2.75) is 32.0 Å². The fourth-order valence-electron chi connectivity index (χ4n) is 4.46. The Morgan fingerprint density at radius 1 is 0.897 bits per heavy atom. The van der Waals surface area contributed by atoms with Gasteiger partial charge in [0.15, 0.2) is 0 Å². The van der Waals surface area contributed by atoms with E-state index in [2.05, 4.69) is 25.2 Å². The van der Waals surface area contributed by atoms with Gasteiger partial charge < -0.3 is 20.1 Å². The summed E-state index contributed by atoms with van der Waals surface area (Å²) in [6, 6.07) is 19.8. The predicted octanol–water partition coefficient (Wildman–Crippen LogP) is 2.53. The average molecular weight is 523 g/mol. The predicted molar refractivity (Wildman–Crippen MR) is 143 cm³/mol. The van der Waals surface area contributed by atoms with Crippen LogP contribution in [0.3, 0.4) is 0 Å². The Labute approximate surface area is 225 Å². The van der Waals surface area contributed by atoms with Crippen LogP contribution in [0.15, 0.2) is 85.3 Å². The molecule has 1 aromatic carbocycles. The molecule has 0 saturated heterocycles. The molecule has 3 N–H and O–H groups in total. The third kappa shape index (κ3) is 6.46. The number of hydrogen-bond acceptors (Lipinski definition) is 8. The second kappa shape index (κ2) is 11.8. The number of pyridine rings is 3. The van der Waals surface area contributed by atoms with Crippen molar-refractivity contribution < 1.29 is 24.4 Å². The molecule has 4 aromatic rings. The Balaban J connectivity index is 1.25. The lowest BCUT2D eigenvalue weighted by molar-refractivity contribution is 0.0693. The van der Waals surface area contributed by atoms with Crippen molar-refractivity contribution in [1.82, 2.24) is 25.2 Å². The monoisotopic (exact) mass is 523 g/mol. The highest BCUT2D eigenvalue weighted by molar-refractivity contribution is 6.47. The molecule has 0 bridgehead atoms. The number of benzene rings is 1. The zero-order chi connectivity index (χ0) is 27.2. The standard InChI is InChI=1S/C28H26BN5O5/c35-27(33-25-14-19-6-5-9-24(28(36)37)26(19)39-29(25)38)20-10-11-23(32-15-20)18-34(16-21-7-1-3-12-30-21)17-22-8-2-4-13-31-22/h1-13,15,25,38H,14,16-18H2,(H,33,35)(H,36,37). The van der Waals surface area contributed by atoms with E-state index < -0.39 is 24.9 Å². The highest BCUT2D eigenvalue weighted by Crippen LogP contribution is 2.30. The Morgan fingerprint density at radius 3 is 2.13 bits per heavy atom. The third-order valence-corrected chi connectivity index (χ3v) is 6.36. The van der Waals surface area contributed by atoms with Crippen LogP contribution in [0.4, 0.5) is 0 Å². The molecule has 1 aliphatic heterocycles. The van der Waals surface area contributed by atoms with Gasteiger partial charge in [0.05, 0.1) is 34.1 Å². The minimum absolute atomic E-state index is 0.0312. The number of carboxylic acid groups (broad SMARTS) is 1. The first-order valence-corrected chi connectivity index (χ1v) is 12.4. The van der Waals surface area contributed by atoms with Crippen molar-refractivity contribution in [3.05, 3.63) is 119 Å². The first kappa shape index (κ1) is 26.0. The molecular weight excluding hydrogens is 497 g/mol. The zero-order valence-corrected chi connectivity index (χ0v) is 21.0. The molecule has 3 aromatic heterocycles. The number of carbonyl (C=O) groups is 2. The molecule has 196 valence electrons. The third-order valence-electron chi connectivity index (χ3n) is 6.36. The van der Waals surface area contributed by atoms with Crippen LogP contribution in [0.1, 0.15) is 43.4 Å². The van der Waals surface area contributed by atoms with E-state index in [1.54, 1.807) is 36.7 Å². The fraction of sp³-hybridized carbons (Fsp3) is 0.179. The second-order valence-corrected chi connectivity index (χ2v) is 9.22. The van der Waals surface area contributed by atoms with Gasteiger partial charge in [0.2, 0.25) is 0 Å². The molecule has 1 aliphatic rings. The maximum absolute atomic E-state index is 12.9. The van der Waals surface area contributed by atoms with Gasteiger partial charge in [0.1, 0.15) is 5.75 Å². The SMILES string of the molecule is O=C(NC1Cc2cccc(C(=O)O)c2OB1O)c1ccc(CN(Cc2ccccn2)Cc2ccccn2)nc1. The number of aromatic carboxylic acids is 1. The van der Waals surface area contributed by atoms with Crippen LogP contribution >= 0.6 is 0 Å². The normalized spacial score (nSPS) is 14.4. The number of nitrogens with zero attached hydrogens (tertiary/aromatic N) is 4. The maximum atomic E-state index is 12.9. The molecule has 0 radical (unpaired) electrons. The number of aromatic nitrogens is 3. The first-order chi connectivity index (χ1) is 19.0. The van der Waals surface area contributed by atoms with Crippen molar-refractivity contribution in [3.8, 4) is 5.75 Å². The molecule has 5 rings (SSSR count). The lowest BCUT2D eigenvalue weighted by atomic mass is 9.72. The van der Waals surface area contributed by atoms with E-state index in [9.17, 15) is 19.7 Å². The van der Waals surface area contributed by atoms with Gasteiger partial charge in [-0.2, -0.15) is 0 Å². The molecule has 0 aliphatic carbocycles. The Morgan fingerprint density at radius 2 is 1.56 bits per heavy atom.